The van der Waals surface area contributed by atoms with Crippen molar-refractivity contribution in [3.8, 4) is 0 Å². The Morgan fingerprint density at radius 2 is 2.67 bits per heavy atom. The smallest absolute Gasteiger partial charge is 0.0898 e. The predicted molar refractivity (Wildman–Crippen MR) is 47.4 cm³/mol. The van der Waals surface area contributed by atoms with Gasteiger partial charge in [0, 0.05) is 5.38 Å². The molecule has 0 saturated heterocycles. The quantitative estimate of drug-likeness (QED) is 0.550. The summed E-state index contributed by atoms with van der Waals surface area (Å²) in [7, 11) is 0. The Balaban J connectivity index is 2.65. The average Bonchev–Trinajstić information content (AvgIpc) is 2.37. The molecule has 0 amide bonds. The van der Waals surface area contributed by atoms with Crippen LogP contribution in [0.25, 0.3) is 0 Å². The minimum atomic E-state index is 0.247. The standard InChI is InChI=1S/C5H7NS3/c1-8-5(7)4-2-9-3-6-4/h2-3,5,7H,1H3. The lowest BCUT2D eigenvalue weighted by Crippen LogP contribution is -1.81. The second-order valence-electron chi connectivity index (χ2n) is 1.50. The summed E-state index contributed by atoms with van der Waals surface area (Å²) in [5, 5.41) is 2.02. The third-order valence-corrected chi connectivity index (χ3v) is 3.12. The molecule has 0 aliphatic heterocycles. The Morgan fingerprint density at radius 3 is 3.11 bits per heavy atom. The van der Waals surface area contributed by atoms with E-state index in [9.17, 15) is 0 Å². The van der Waals surface area contributed by atoms with E-state index in [1.54, 1.807) is 23.1 Å². The number of hydrogen-bond donors (Lipinski definition) is 1. The molecule has 1 unspecified atom stereocenters. The number of aromatic nitrogens is 1. The fourth-order valence-corrected chi connectivity index (χ4v) is 1.74. The lowest BCUT2D eigenvalue weighted by atomic mass is 10.6. The third kappa shape index (κ3) is 1.88. The van der Waals surface area contributed by atoms with E-state index >= 15 is 0 Å². The minimum Gasteiger partial charge on any atom is -0.248 e. The van der Waals surface area contributed by atoms with Crippen LogP contribution in [0.1, 0.15) is 10.3 Å². The first-order chi connectivity index (χ1) is 4.34. The molecule has 4 heteroatoms. The Kier molecular flexibility index (Phi) is 2.88. The van der Waals surface area contributed by atoms with Crippen molar-refractivity contribution in [1.29, 1.82) is 0 Å². The molecule has 1 heterocycles. The molecule has 50 valence electrons. The topological polar surface area (TPSA) is 12.9 Å². The van der Waals surface area contributed by atoms with E-state index in [1.165, 1.54) is 0 Å². The summed E-state index contributed by atoms with van der Waals surface area (Å²) in [5.74, 6) is 0. The molecular formula is C5H7NS3. The summed E-state index contributed by atoms with van der Waals surface area (Å²) in [6.07, 6.45) is 2.02. The van der Waals surface area contributed by atoms with Crippen LogP contribution in [0, 0.1) is 0 Å². The molecule has 0 aliphatic carbocycles. The van der Waals surface area contributed by atoms with Gasteiger partial charge < -0.3 is 0 Å². The van der Waals surface area contributed by atoms with Gasteiger partial charge in [-0.05, 0) is 6.26 Å². The zero-order valence-electron chi connectivity index (χ0n) is 4.94. The van der Waals surface area contributed by atoms with Gasteiger partial charge >= 0.3 is 0 Å². The molecule has 1 nitrogen and oxygen atoms in total. The van der Waals surface area contributed by atoms with Crippen molar-refractivity contribution in [2.24, 2.45) is 0 Å². The molecule has 1 aromatic heterocycles. The van der Waals surface area contributed by atoms with Crippen LogP contribution in [0.5, 0.6) is 0 Å². The summed E-state index contributed by atoms with van der Waals surface area (Å²) in [6, 6.07) is 0. The second kappa shape index (κ2) is 3.49. The van der Waals surface area contributed by atoms with E-state index in [1.807, 2.05) is 17.1 Å². The minimum absolute atomic E-state index is 0.247. The van der Waals surface area contributed by atoms with Gasteiger partial charge in [-0.2, -0.15) is 12.6 Å². The monoisotopic (exact) mass is 177 g/mol. The predicted octanol–water partition coefficient (Wildman–Crippen LogP) is 2.43. The Morgan fingerprint density at radius 1 is 1.89 bits per heavy atom. The molecule has 0 bridgehead atoms. The van der Waals surface area contributed by atoms with Gasteiger partial charge in [-0.3, -0.25) is 0 Å². The van der Waals surface area contributed by atoms with Crippen molar-refractivity contribution < 1.29 is 0 Å². The molecule has 1 aromatic rings. The van der Waals surface area contributed by atoms with Crippen LogP contribution in [0.3, 0.4) is 0 Å². The van der Waals surface area contributed by atoms with Crippen LogP contribution >= 0.6 is 35.7 Å². The molecule has 0 spiro atoms. The summed E-state index contributed by atoms with van der Waals surface area (Å²) >= 11 is 7.59. The van der Waals surface area contributed by atoms with Crippen LogP contribution in [0.15, 0.2) is 10.9 Å². The lowest BCUT2D eigenvalue weighted by molar-refractivity contribution is 1.22. The SMILES string of the molecule is CSC(S)c1cscn1. The van der Waals surface area contributed by atoms with E-state index in [-0.39, 0.29) is 4.58 Å². The maximum absolute atomic E-state index is 4.29. The van der Waals surface area contributed by atoms with Gasteiger partial charge in [-0.1, -0.05) is 0 Å². The van der Waals surface area contributed by atoms with Crippen molar-refractivity contribution in [3.63, 3.8) is 0 Å². The van der Waals surface area contributed by atoms with E-state index in [4.69, 9.17) is 0 Å². The van der Waals surface area contributed by atoms with Gasteiger partial charge in [-0.15, -0.1) is 23.1 Å². The fourth-order valence-electron chi connectivity index (χ4n) is 0.465. The lowest BCUT2D eigenvalue weighted by Gasteiger charge is -1.99. The summed E-state index contributed by atoms with van der Waals surface area (Å²) < 4.78 is 0.247. The van der Waals surface area contributed by atoms with E-state index in [0.29, 0.717) is 0 Å². The van der Waals surface area contributed by atoms with Gasteiger partial charge in [0.15, 0.2) is 0 Å². The van der Waals surface area contributed by atoms with Crippen LogP contribution in [-0.2, 0) is 0 Å². The number of hydrogen-bond acceptors (Lipinski definition) is 4. The van der Waals surface area contributed by atoms with E-state index in [0.717, 1.165) is 5.69 Å². The van der Waals surface area contributed by atoms with Crippen molar-refractivity contribution in [1.82, 2.24) is 4.98 Å². The Labute approximate surface area is 68.3 Å². The van der Waals surface area contributed by atoms with Crippen molar-refractivity contribution >= 4 is 35.7 Å². The Hall–Kier alpha value is 0.330. The number of nitrogens with zero attached hydrogens (tertiary/aromatic N) is 1. The zero-order valence-corrected chi connectivity index (χ0v) is 7.47. The van der Waals surface area contributed by atoms with Crippen LogP contribution in [0.2, 0.25) is 0 Å². The summed E-state index contributed by atoms with van der Waals surface area (Å²) in [5.41, 5.74) is 2.89. The molecule has 1 atom stereocenters. The van der Waals surface area contributed by atoms with Gasteiger partial charge in [-0.25, -0.2) is 4.98 Å². The van der Waals surface area contributed by atoms with Gasteiger partial charge in [0.2, 0.25) is 0 Å². The first-order valence-corrected chi connectivity index (χ1v) is 5.18. The van der Waals surface area contributed by atoms with Crippen molar-refractivity contribution in [3.05, 3.63) is 16.6 Å². The largest absolute Gasteiger partial charge is 0.248 e. The highest BCUT2D eigenvalue weighted by Crippen LogP contribution is 2.29. The Bertz CT molecular complexity index is 161. The van der Waals surface area contributed by atoms with Crippen LogP contribution in [0.4, 0.5) is 0 Å². The normalized spacial score (nSPS) is 13.6. The van der Waals surface area contributed by atoms with E-state index < -0.39 is 0 Å². The van der Waals surface area contributed by atoms with Gasteiger partial charge in [0.1, 0.15) is 0 Å². The molecule has 1 rings (SSSR count). The maximum atomic E-state index is 4.29. The number of thiazole rings is 1. The van der Waals surface area contributed by atoms with Crippen LogP contribution < -0.4 is 0 Å². The maximum Gasteiger partial charge on any atom is 0.0898 e. The number of thiol groups is 1. The number of rotatable bonds is 2. The summed E-state index contributed by atoms with van der Waals surface area (Å²) in [4.78, 5) is 4.11. The summed E-state index contributed by atoms with van der Waals surface area (Å²) in [6.45, 7) is 0. The number of thioether (sulfide) groups is 1. The third-order valence-electron chi connectivity index (χ3n) is 0.928. The first-order valence-electron chi connectivity index (χ1n) is 2.43. The highest BCUT2D eigenvalue weighted by Gasteiger charge is 2.03. The molecule has 0 saturated carbocycles. The highest BCUT2D eigenvalue weighted by atomic mass is 32.2. The molecule has 0 aromatic carbocycles. The molecule has 0 aliphatic rings. The molecule has 0 radical (unpaired) electrons. The molecule has 9 heavy (non-hydrogen) atoms. The highest BCUT2D eigenvalue weighted by molar-refractivity contribution is 8.09. The van der Waals surface area contributed by atoms with Crippen molar-refractivity contribution in [2.75, 3.05) is 6.26 Å². The van der Waals surface area contributed by atoms with Crippen molar-refractivity contribution in [2.45, 2.75) is 4.58 Å². The first kappa shape index (κ1) is 7.44. The zero-order chi connectivity index (χ0) is 6.69. The average molecular weight is 177 g/mol. The molecule has 0 fully saturated rings. The van der Waals surface area contributed by atoms with Gasteiger partial charge in [0.25, 0.3) is 0 Å². The van der Waals surface area contributed by atoms with Gasteiger partial charge in [0.05, 0.1) is 15.8 Å². The molecule has 0 N–H and O–H groups in total. The van der Waals surface area contributed by atoms with Crippen LogP contribution in [-0.4, -0.2) is 11.2 Å². The second-order valence-corrected chi connectivity index (χ2v) is 4.03. The van der Waals surface area contributed by atoms with E-state index in [2.05, 4.69) is 17.6 Å². The molecular weight excluding hydrogens is 170 g/mol. The fraction of sp³-hybridized carbons (Fsp3) is 0.400.